The fourth-order valence-corrected chi connectivity index (χ4v) is 2.43. The van der Waals surface area contributed by atoms with Gasteiger partial charge in [0.1, 0.15) is 0 Å². The lowest BCUT2D eigenvalue weighted by molar-refractivity contribution is -0.144. The standard InChI is InChI=1S/C12H21NO4/c1-16-10(14)8-12(6-4-3-5-7-12)9-13-11(15)17-2/h3-9H2,1-2H3,(H,13,15). The van der Waals surface area contributed by atoms with Crippen LogP contribution in [0.1, 0.15) is 38.5 Å². The molecule has 0 saturated heterocycles. The molecule has 5 nitrogen and oxygen atoms in total. The van der Waals surface area contributed by atoms with Crippen LogP contribution in [-0.2, 0) is 14.3 Å². The van der Waals surface area contributed by atoms with E-state index in [-0.39, 0.29) is 11.4 Å². The Bertz CT molecular complexity index is 272. The molecule has 0 aromatic carbocycles. The van der Waals surface area contributed by atoms with E-state index in [0.29, 0.717) is 13.0 Å². The lowest BCUT2D eigenvalue weighted by atomic mass is 9.72. The molecular weight excluding hydrogens is 222 g/mol. The van der Waals surface area contributed by atoms with Crippen molar-refractivity contribution in [3.8, 4) is 0 Å². The number of nitrogens with one attached hydrogen (secondary N) is 1. The van der Waals surface area contributed by atoms with Crippen LogP contribution in [0.5, 0.6) is 0 Å². The fraction of sp³-hybridized carbons (Fsp3) is 0.833. The Kier molecular flexibility index (Phi) is 5.25. The molecule has 0 aromatic rings. The highest BCUT2D eigenvalue weighted by atomic mass is 16.5. The van der Waals surface area contributed by atoms with Crippen molar-refractivity contribution < 1.29 is 19.1 Å². The first-order valence-electron chi connectivity index (χ1n) is 6.00. The topological polar surface area (TPSA) is 64.6 Å². The molecule has 0 bridgehead atoms. The molecule has 0 heterocycles. The lowest BCUT2D eigenvalue weighted by Crippen LogP contribution is -2.40. The number of amides is 1. The van der Waals surface area contributed by atoms with Gasteiger partial charge in [-0.05, 0) is 18.3 Å². The highest BCUT2D eigenvalue weighted by Gasteiger charge is 2.35. The third-order valence-corrected chi connectivity index (χ3v) is 3.45. The maximum Gasteiger partial charge on any atom is 0.406 e. The van der Waals surface area contributed by atoms with Gasteiger partial charge >= 0.3 is 12.1 Å². The van der Waals surface area contributed by atoms with Gasteiger partial charge in [-0.25, -0.2) is 4.79 Å². The second-order valence-corrected chi connectivity index (χ2v) is 4.66. The fourth-order valence-electron chi connectivity index (χ4n) is 2.43. The first-order valence-corrected chi connectivity index (χ1v) is 6.00. The van der Waals surface area contributed by atoms with E-state index in [1.165, 1.54) is 20.6 Å². The van der Waals surface area contributed by atoms with Gasteiger partial charge in [-0.1, -0.05) is 19.3 Å². The van der Waals surface area contributed by atoms with Gasteiger partial charge in [0.15, 0.2) is 0 Å². The number of methoxy groups -OCH3 is 2. The molecule has 5 heteroatoms. The van der Waals surface area contributed by atoms with Gasteiger partial charge in [-0.3, -0.25) is 4.79 Å². The number of rotatable bonds is 4. The second-order valence-electron chi connectivity index (χ2n) is 4.66. The Morgan fingerprint density at radius 3 is 2.29 bits per heavy atom. The van der Waals surface area contributed by atoms with Gasteiger partial charge in [-0.15, -0.1) is 0 Å². The number of esters is 1. The third kappa shape index (κ3) is 4.24. The van der Waals surface area contributed by atoms with E-state index in [1.54, 1.807) is 0 Å². The van der Waals surface area contributed by atoms with Gasteiger partial charge in [0.25, 0.3) is 0 Å². The number of carbonyl (C=O) groups is 2. The number of ether oxygens (including phenoxy) is 2. The van der Waals surface area contributed by atoms with Crippen molar-refractivity contribution in [2.24, 2.45) is 5.41 Å². The third-order valence-electron chi connectivity index (χ3n) is 3.45. The molecule has 98 valence electrons. The first-order chi connectivity index (χ1) is 8.12. The summed E-state index contributed by atoms with van der Waals surface area (Å²) in [6.45, 7) is 0.481. The van der Waals surface area contributed by atoms with Crippen LogP contribution in [0.25, 0.3) is 0 Å². The number of hydrogen-bond acceptors (Lipinski definition) is 4. The summed E-state index contributed by atoms with van der Waals surface area (Å²) in [5.41, 5.74) is -0.153. The Morgan fingerprint density at radius 2 is 1.76 bits per heavy atom. The van der Waals surface area contributed by atoms with E-state index in [1.807, 2.05) is 0 Å². The average molecular weight is 243 g/mol. The summed E-state index contributed by atoms with van der Waals surface area (Å²) in [4.78, 5) is 22.5. The summed E-state index contributed by atoms with van der Waals surface area (Å²) >= 11 is 0. The summed E-state index contributed by atoms with van der Waals surface area (Å²) in [6, 6.07) is 0. The summed E-state index contributed by atoms with van der Waals surface area (Å²) < 4.78 is 9.28. The van der Waals surface area contributed by atoms with Crippen molar-refractivity contribution in [1.82, 2.24) is 5.32 Å². The van der Waals surface area contributed by atoms with Crippen molar-refractivity contribution in [1.29, 1.82) is 0 Å². The summed E-state index contributed by atoms with van der Waals surface area (Å²) in [5, 5.41) is 2.70. The van der Waals surface area contributed by atoms with Crippen LogP contribution in [0.3, 0.4) is 0 Å². The molecule has 1 aliphatic rings. The Hall–Kier alpha value is -1.26. The average Bonchev–Trinajstić information content (AvgIpc) is 2.37. The molecule has 17 heavy (non-hydrogen) atoms. The molecule has 1 aliphatic carbocycles. The summed E-state index contributed by atoms with van der Waals surface area (Å²) in [7, 11) is 2.73. The van der Waals surface area contributed by atoms with Crippen molar-refractivity contribution in [2.45, 2.75) is 38.5 Å². The Balaban J connectivity index is 2.57. The molecule has 1 rings (SSSR count). The molecule has 0 aromatic heterocycles. The van der Waals surface area contributed by atoms with Crippen molar-refractivity contribution >= 4 is 12.1 Å². The molecule has 0 radical (unpaired) electrons. The SMILES string of the molecule is COC(=O)CC1(CNC(=O)OC)CCCCC1. The van der Waals surface area contributed by atoms with Crippen molar-refractivity contribution in [3.05, 3.63) is 0 Å². The van der Waals surface area contributed by atoms with E-state index in [2.05, 4.69) is 10.1 Å². The lowest BCUT2D eigenvalue weighted by Gasteiger charge is -2.36. The predicted molar refractivity (Wildman–Crippen MR) is 62.6 cm³/mol. The van der Waals surface area contributed by atoms with Crippen molar-refractivity contribution in [3.63, 3.8) is 0 Å². The monoisotopic (exact) mass is 243 g/mol. The predicted octanol–water partition coefficient (Wildman–Crippen LogP) is 1.86. The quantitative estimate of drug-likeness (QED) is 0.765. The molecule has 1 N–H and O–H groups in total. The zero-order valence-corrected chi connectivity index (χ0v) is 10.6. The highest BCUT2D eigenvalue weighted by molar-refractivity contribution is 5.70. The molecule has 1 amide bonds. The maximum absolute atomic E-state index is 11.4. The molecule has 0 spiro atoms. The minimum Gasteiger partial charge on any atom is -0.469 e. The van der Waals surface area contributed by atoms with E-state index in [0.717, 1.165) is 25.7 Å². The van der Waals surface area contributed by atoms with Gasteiger partial charge < -0.3 is 14.8 Å². The van der Waals surface area contributed by atoms with E-state index < -0.39 is 6.09 Å². The minimum absolute atomic E-state index is 0.153. The molecular formula is C12H21NO4. The van der Waals surface area contributed by atoms with Crippen LogP contribution < -0.4 is 5.32 Å². The van der Waals surface area contributed by atoms with Crippen LogP contribution in [0, 0.1) is 5.41 Å². The zero-order chi connectivity index (χ0) is 12.7. The van der Waals surface area contributed by atoms with Gasteiger partial charge in [0.2, 0.25) is 0 Å². The number of alkyl carbamates (subject to hydrolysis) is 1. The Labute approximate surface area is 102 Å². The van der Waals surface area contributed by atoms with Crippen LogP contribution in [-0.4, -0.2) is 32.8 Å². The van der Waals surface area contributed by atoms with E-state index in [9.17, 15) is 9.59 Å². The summed E-state index contributed by atoms with van der Waals surface area (Å²) in [6.07, 6.45) is 5.21. The maximum atomic E-state index is 11.4. The minimum atomic E-state index is -0.445. The number of carbonyl (C=O) groups excluding carboxylic acids is 2. The van der Waals surface area contributed by atoms with Crippen molar-refractivity contribution in [2.75, 3.05) is 20.8 Å². The van der Waals surface area contributed by atoms with Gasteiger partial charge in [0, 0.05) is 6.54 Å². The Morgan fingerprint density at radius 1 is 1.12 bits per heavy atom. The molecule has 1 fully saturated rings. The van der Waals surface area contributed by atoms with Crippen LogP contribution in [0.2, 0.25) is 0 Å². The molecule has 0 atom stereocenters. The van der Waals surface area contributed by atoms with E-state index in [4.69, 9.17) is 4.74 Å². The second kappa shape index (κ2) is 6.47. The largest absolute Gasteiger partial charge is 0.469 e. The van der Waals surface area contributed by atoms with Crippen LogP contribution in [0.15, 0.2) is 0 Å². The zero-order valence-electron chi connectivity index (χ0n) is 10.6. The summed E-state index contributed by atoms with van der Waals surface area (Å²) in [5.74, 6) is -0.210. The normalized spacial score (nSPS) is 18.2. The molecule has 0 aliphatic heterocycles. The van der Waals surface area contributed by atoms with E-state index >= 15 is 0 Å². The highest BCUT2D eigenvalue weighted by Crippen LogP contribution is 2.39. The molecule has 0 unspecified atom stereocenters. The van der Waals surface area contributed by atoms with Crippen LogP contribution >= 0.6 is 0 Å². The van der Waals surface area contributed by atoms with Gasteiger partial charge in [0.05, 0.1) is 20.6 Å². The smallest absolute Gasteiger partial charge is 0.406 e. The van der Waals surface area contributed by atoms with Crippen LogP contribution in [0.4, 0.5) is 4.79 Å². The molecule has 1 saturated carbocycles. The van der Waals surface area contributed by atoms with Gasteiger partial charge in [-0.2, -0.15) is 0 Å². The first kappa shape index (κ1) is 13.8. The number of hydrogen-bond donors (Lipinski definition) is 1.